The molecule has 11 aromatic rings. The summed E-state index contributed by atoms with van der Waals surface area (Å²) in [5, 5.41) is 4.98. The van der Waals surface area contributed by atoms with Gasteiger partial charge < -0.3 is 9.47 Å². The van der Waals surface area contributed by atoms with Crippen molar-refractivity contribution in [1.29, 1.82) is 0 Å². The minimum atomic E-state index is 1.09. The third-order valence-corrected chi connectivity index (χ3v) is 11.8. The zero-order valence-corrected chi connectivity index (χ0v) is 33.0. The summed E-state index contributed by atoms with van der Waals surface area (Å²) in [4.78, 5) is 2.42. The van der Waals surface area contributed by atoms with Crippen molar-refractivity contribution >= 4 is 49.6 Å². The number of hydrogen-bond donors (Lipinski definition) is 0. The molecule has 0 N–H and O–H groups in total. The van der Waals surface area contributed by atoms with E-state index < -0.39 is 0 Å². The number of rotatable bonds is 8. The van der Waals surface area contributed by atoms with E-state index in [0.717, 1.165) is 39.4 Å². The standard InChI is InChI=1S/C58H40N2/c1-4-17-41(18-5-1)43-31-35-48(36-32-43)59(49-25-16-24-46(39-49)42-19-6-2-7-20-42)57-38-34-47(40-54(57)44-21-8-3-9-22-44)50-26-12-14-29-55(50)60-56-30-15-13-28-52(56)53-37-33-45-23-10-11-27-51(45)58(53)60/h1-40H. The second-order valence-corrected chi connectivity index (χ2v) is 15.3. The largest absolute Gasteiger partial charge is 0.310 e. The van der Waals surface area contributed by atoms with E-state index in [4.69, 9.17) is 0 Å². The fourth-order valence-corrected chi connectivity index (χ4v) is 8.96. The van der Waals surface area contributed by atoms with Crippen LogP contribution in [-0.2, 0) is 0 Å². The van der Waals surface area contributed by atoms with Crippen LogP contribution in [-0.4, -0.2) is 4.57 Å². The lowest BCUT2D eigenvalue weighted by Gasteiger charge is -2.29. The zero-order chi connectivity index (χ0) is 39.8. The average Bonchev–Trinajstić information content (AvgIpc) is 3.68. The Morgan fingerprint density at radius 3 is 1.65 bits per heavy atom. The molecule has 1 heterocycles. The van der Waals surface area contributed by atoms with Gasteiger partial charge in [-0.25, -0.2) is 0 Å². The molecule has 0 aliphatic rings. The predicted molar refractivity (Wildman–Crippen MR) is 255 cm³/mol. The first-order valence-corrected chi connectivity index (χ1v) is 20.6. The summed E-state index contributed by atoms with van der Waals surface area (Å²) in [6.07, 6.45) is 0. The first kappa shape index (κ1) is 35.2. The van der Waals surface area contributed by atoms with Gasteiger partial charge in [-0.1, -0.05) is 194 Å². The van der Waals surface area contributed by atoms with Crippen molar-refractivity contribution in [3.8, 4) is 50.2 Å². The minimum Gasteiger partial charge on any atom is -0.310 e. The molecule has 10 aromatic carbocycles. The Morgan fingerprint density at radius 2 is 0.883 bits per heavy atom. The molecule has 0 radical (unpaired) electrons. The van der Waals surface area contributed by atoms with Gasteiger partial charge in [0, 0.05) is 38.7 Å². The van der Waals surface area contributed by atoms with E-state index in [1.54, 1.807) is 0 Å². The summed E-state index contributed by atoms with van der Waals surface area (Å²) in [5.41, 5.74) is 16.2. The van der Waals surface area contributed by atoms with E-state index in [-0.39, 0.29) is 0 Å². The van der Waals surface area contributed by atoms with Crippen LogP contribution in [0.25, 0.3) is 82.8 Å². The van der Waals surface area contributed by atoms with Gasteiger partial charge in [-0.15, -0.1) is 0 Å². The highest BCUT2D eigenvalue weighted by Crippen LogP contribution is 2.45. The molecule has 0 unspecified atom stereocenters. The van der Waals surface area contributed by atoms with Crippen LogP contribution in [0.5, 0.6) is 0 Å². The maximum Gasteiger partial charge on any atom is 0.0619 e. The number of hydrogen-bond acceptors (Lipinski definition) is 1. The monoisotopic (exact) mass is 764 g/mol. The van der Waals surface area contributed by atoms with Gasteiger partial charge in [-0.05, 0) is 87.3 Å². The number of fused-ring (bicyclic) bond motifs is 5. The molecule has 0 atom stereocenters. The highest BCUT2D eigenvalue weighted by Gasteiger charge is 2.22. The molecule has 11 rings (SSSR count). The first-order chi connectivity index (χ1) is 29.8. The molecule has 2 nitrogen and oxygen atoms in total. The Kier molecular flexibility index (Phi) is 8.87. The number of para-hydroxylation sites is 2. The van der Waals surface area contributed by atoms with Crippen LogP contribution in [0.3, 0.4) is 0 Å². The quantitative estimate of drug-likeness (QED) is 0.150. The topological polar surface area (TPSA) is 8.17 Å². The molecule has 0 aliphatic heterocycles. The van der Waals surface area contributed by atoms with Crippen molar-refractivity contribution in [2.45, 2.75) is 0 Å². The van der Waals surface area contributed by atoms with E-state index in [1.165, 1.54) is 60.4 Å². The Labute approximate surface area is 350 Å². The molecule has 0 fully saturated rings. The number of nitrogens with zero attached hydrogens (tertiary/aromatic N) is 2. The van der Waals surface area contributed by atoms with Gasteiger partial charge in [-0.2, -0.15) is 0 Å². The van der Waals surface area contributed by atoms with Crippen molar-refractivity contribution in [2.24, 2.45) is 0 Å². The smallest absolute Gasteiger partial charge is 0.0619 e. The molecule has 2 heteroatoms. The van der Waals surface area contributed by atoms with Gasteiger partial charge in [0.1, 0.15) is 0 Å². The number of aromatic nitrogens is 1. The van der Waals surface area contributed by atoms with Crippen LogP contribution in [0.15, 0.2) is 243 Å². The molecule has 282 valence electrons. The third-order valence-electron chi connectivity index (χ3n) is 11.8. The van der Waals surface area contributed by atoms with Crippen LogP contribution in [0.4, 0.5) is 17.1 Å². The van der Waals surface area contributed by atoms with E-state index in [1.807, 2.05) is 0 Å². The molecule has 60 heavy (non-hydrogen) atoms. The van der Waals surface area contributed by atoms with E-state index in [2.05, 4.69) is 252 Å². The van der Waals surface area contributed by atoms with Crippen LogP contribution < -0.4 is 4.90 Å². The second-order valence-electron chi connectivity index (χ2n) is 15.3. The van der Waals surface area contributed by atoms with Gasteiger partial charge in [0.05, 0.1) is 22.4 Å². The molecular weight excluding hydrogens is 725 g/mol. The summed E-state index contributed by atoms with van der Waals surface area (Å²) in [5.74, 6) is 0. The average molecular weight is 765 g/mol. The van der Waals surface area contributed by atoms with Crippen LogP contribution >= 0.6 is 0 Å². The summed E-state index contributed by atoms with van der Waals surface area (Å²) >= 11 is 0. The van der Waals surface area contributed by atoms with Crippen LogP contribution in [0.2, 0.25) is 0 Å². The molecule has 1 aromatic heterocycles. The second kappa shape index (κ2) is 15.1. The Morgan fingerprint density at radius 1 is 0.300 bits per heavy atom. The van der Waals surface area contributed by atoms with Crippen LogP contribution in [0, 0.1) is 0 Å². The lowest BCUT2D eigenvalue weighted by Crippen LogP contribution is -2.11. The van der Waals surface area contributed by atoms with Crippen molar-refractivity contribution in [2.75, 3.05) is 4.90 Å². The summed E-state index contributed by atoms with van der Waals surface area (Å²) in [7, 11) is 0. The fraction of sp³-hybridized carbons (Fsp3) is 0. The molecule has 0 saturated heterocycles. The van der Waals surface area contributed by atoms with Crippen molar-refractivity contribution < 1.29 is 0 Å². The maximum absolute atomic E-state index is 2.48. The van der Waals surface area contributed by atoms with Crippen molar-refractivity contribution in [3.05, 3.63) is 243 Å². The third kappa shape index (κ3) is 6.23. The summed E-state index contributed by atoms with van der Waals surface area (Å²) < 4.78 is 2.48. The van der Waals surface area contributed by atoms with Gasteiger partial charge in [0.15, 0.2) is 0 Å². The van der Waals surface area contributed by atoms with E-state index >= 15 is 0 Å². The molecule has 0 bridgehead atoms. The normalized spacial score (nSPS) is 11.3. The summed E-state index contributed by atoms with van der Waals surface area (Å²) in [6, 6.07) is 87.9. The highest BCUT2D eigenvalue weighted by atomic mass is 15.1. The SMILES string of the molecule is c1ccc(-c2ccc(N(c3cccc(-c4ccccc4)c3)c3ccc(-c4ccccc4-n4c5ccccc5c5ccc6ccccc6c54)cc3-c3ccccc3)cc2)cc1. The molecule has 0 aliphatic carbocycles. The predicted octanol–water partition coefficient (Wildman–Crippen LogP) is 16.1. The van der Waals surface area contributed by atoms with Crippen LogP contribution in [0.1, 0.15) is 0 Å². The van der Waals surface area contributed by atoms with E-state index in [0.29, 0.717) is 0 Å². The van der Waals surface area contributed by atoms with Gasteiger partial charge in [0.25, 0.3) is 0 Å². The zero-order valence-electron chi connectivity index (χ0n) is 33.0. The minimum absolute atomic E-state index is 1.09. The fourth-order valence-electron chi connectivity index (χ4n) is 8.96. The molecule has 0 saturated carbocycles. The lowest BCUT2D eigenvalue weighted by molar-refractivity contribution is 1.19. The molecule has 0 amide bonds. The molecule has 0 spiro atoms. The first-order valence-electron chi connectivity index (χ1n) is 20.6. The highest BCUT2D eigenvalue weighted by molar-refractivity contribution is 6.19. The number of anilines is 3. The van der Waals surface area contributed by atoms with E-state index in [9.17, 15) is 0 Å². The Hall–Kier alpha value is -7.94. The maximum atomic E-state index is 2.48. The number of benzene rings is 10. The van der Waals surface area contributed by atoms with Crippen molar-refractivity contribution in [1.82, 2.24) is 4.57 Å². The van der Waals surface area contributed by atoms with Gasteiger partial charge >= 0.3 is 0 Å². The van der Waals surface area contributed by atoms with Gasteiger partial charge in [-0.3, -0.25) is 0 Å². The summed E-state index contributed by atoms with van der Waals surface area (Å²) in [6.45, 7) is 0. The van der Waals surface area contributed by atoms with Gasteiger partial charge in [0.2, 0.25) is 0 Å². The Bertz CT molecular complexity index is 3290. The lowest BCUT2D eigenvalue weighted by atomic mass is 9.95. The Balaban J connectivity index is 1.13. The molecular formula is C58H40N2. The van der Waals surface area contributed by atoms with Crippen molar-refractivity contribution in [3.63, 3.8) is 0 Å².